The summed E-state index contributed by atoms with van der Waals surface area (Å²) in [4.78, 5) is 0. The minimum atomic E-state index is -4.05. The van der Waals surface area contributed by atoms with Crippen molar-refractivity contribution in [2.24, 2.45) is 10.2 Å². The molecule has 0 saturated heterocycles. The van der Waals surface area contributed by atoms with E-state index >= 15 is 0 Å². The van der Waals surface area contributed by atoms with Crippen LogP contribution in [0.15, 0.2) is 126 Å². The van der Waals surface area contributed by atoms with Crippen LogP contribution in [0.5, 0.6) is 11.5 Å². The van der Waals surface area contributed by atoms with E-state index in [1.807, 2.05) is 97.1 Å². The first-order valence-corrected chi connectivity index (χ1v) is 15.3. The van der Waals surface area contributed by atoms with Crippen molar-refractivity contribution in [3.05, 3.63) is 121 Å². The van der Waals surface area contributed by atoms with Crippen LogP contribution >= 0.6 is 14.8 Å². The van der Waals surface area contributed by atoms with Gasteiger partial charge in [0.15, 0.2) is 0 Å². The average molecular weight is 520 g/mol. The fourth-order valence-corrected chi connectivity index (χ4v) is 10.3. The summed E-state index contributed by atoms with van der Waals surface area (Å²) in [6, 6.07) is 38.1. The van der Waals surface area contributed by atoms with Crippen LogP contribution in [0.25, 0.3) is 0 Å². The van der Waals surface area contributed by atoms with Crippen LogP contribution in [0, 0.1) is 0 Å². The summed E-state index contributed by atoms with van der Waals surface area (Å²) in [5.74, 6) is 0.863. The van der Waals surface area contributed by atoms with E-state index in [2.05, 4.69) is 5.32 Å². The van der Waals surface area contributed by atoms with E-state index in [4.69, 9.17) is 19.3 Å². The summed E-state index contributed by atoms with van der Waals surface area (Å²) in [6.45, 7) is 1.86. The Labute approximate surface area is 213 Å². The van der Waals surface area contributed by atoms with E-state index in [1.54, 1.807) is 24.3 Å². The van der Waals surface area contributed by atoms with Gasteiger partial charge in [-0.15, -0.1) is 0 Å². The van der Waals surface area contributed by atoms with Crippen LogP contribution < -0.4 is 30.7 Å². The molecule has 0 amide bonds. The number of para-hydroxylation sites is 2. The Balaban J connectivity index is 1.92. The van der Waals surface area contributed by atoms with Crippen molar-refractivity contribution in [2.75, 3.05) is 25.8 Å². The van der Waals surface area contributed by atoms with Crippen LogP contribution in [0.2, 0.25) is 0 Å². The van der Waals surface area contributed by atoms with Gasteiger partial charge in [0, 0.05) is 32.9 Å². The van der Waals surface area contributed by atoms with Crippen molar-refractivity contribution in [3.63, 3.8) is 0 Å². The quantitative estimate of drug-likeness (QED) is 0.187. The van der Waals surface area contributed by atoms with Crippen LogP contribution in [-0.2, 0) is 4.57 Å². The van der Waals surface area contributed by atoms with Gasteiger partial charge in [0.25, 0.3) is 0 Å². The molecule has 0 saturated carbocycles. The summed E-state index contributed by atoms with van der Waals surface area (Å²) >= 11 is 0. The van der Waals surface area contributed by atoms with Crippen molar-refractivity contribution in [1.82, 2.24) is 5.32 Å². The highest BCUT2D eigenvalue weighted by Gasteiger charge is 2.35. The van der Waals surface area contributed by atoms with E-state index < -0.39 is 14.8 Å². The Morgan fingerprint density at radius 3 is 1.47 bits per heavy atom. The SMILES string of the molecule is NCCNCCP(=NP(=O)(Oc1ccccc1)Oc1ccccc1)(c1ccccc1)c1ccccc1. The Morgan fingerprint density at radius 1 is 0.639 bits per heavy atom. The molecule has 3 N–H and O–H groups in total. The number of hydrogen-bond donors (Lipinski definition) is 2. The molecule has 0 fully saturated rings. The summed E-state index contributed by atoms with van der Waals surface area (Å²) in [6.07, 6.45) is 0.626. The average Bonchev–Trinajstić information content (AvgIpc) is 2.92. The maximum absolute atomic E-state index is 14.6. The molecule has 0 aliphatic rings. The third-order valence-corrected chi connectivity index (χ3v) is 11.6. The van der Waals surface area contributed by atoms with Gasteiger partial charge in [-0.3, -0.25) is 0 Å². The molecule has 0 heterocycles. The fourth-order valence-electron chi connectivity index (χ4n) is 3.84. The van der Waals surface area contributed by atoms with Crippen molar-refractivity contribution < 1.29 is 13.6 Å². The summed E-state index contributed by atoms with van der Waals surface area (Å²) in [5, 5.41) is 5.39. The van der Waals surface area contributed by atoms with Gasteiger partial charge in [-0.25, -0.2) is 4.57 Å². The molecule has 0 aromatic heterocycles. The fraction of sp³-hybridized carbons (Fsp3) is 0.143. The van der Waals surface area contributed by atoms with E-state index in [9.17, 15) is 4.57 Å². The normalized spacial score (nSPS) is 11.6. The zero-order valence-corrected chi connectivity index (χ0v) is 21.8. The van der Waals surface area contributed by atoms with Gasteiger partial charge in [-0.05, 0) is 34.9 Å². The van der Waals surface area contributed by atoms with Crippen LogP contribution in [-0.4, -0.2) is 25.8 Å². The summed E-state index contributed by atoms with van der Waals surface area (Å²) in [7, 11) is -6.68. The lowest BCUT2D eigenvalue weighted by Gasteiger charge is -2.28. The van der Waals surface area contributed by atoms with Crippen LogP contribution in [0.3, 0.4) is 0 Å². The second-order valence-electron chi connectivity index (χ2n) is 8.07. The molecule has 4 aromatic rings. The highest BCUT2D eigenvalue weighted by Crippen LogP contribution is 2.61. The van der Waals surface area contributed by atoms with Crippen molar-refractivity contribution in [2.45, 2.75) is 0 Å². The first kappa shape index (κ1) is 25.9. The van der Waals surface area contributed by atoms with E-state index in [0.717, 1.165) is 10.6 Å². The standard InChI is InChI=1S/C28H31N3O3P2/c29-21-22-30-23-24-35(27-17-9-3-10-18-27,28-19-11-4-12-20-28)31-36(32,33-25-13-5-1-6-14-25)34-26-15-7-2-8-16-26/h1-20,30H,21-24,29H2. The molecular weight excluding hydrogens is 488 g/mol. The van der Waals surface area contributed by atoms with Gasteiger partial charge < -0.3 is 20.1 Å². The molecule has 0 atom stereocenters. The van der Waals surface area contributed by atoms with Gasteiger partial charge in [-0.2, -0.15) is 4.52 Å². The maximum atomic E-state index is 14.6. The van der Waals surface area contributed by atoms with E-state index in [-0.39, 0.29) is 0 Å². The van der Waals surface area contributed by atoms with Crippen molar-refractivity contribution in [3.8, 4) is 11.5 Å². The smallest absolute Gasteiger partial charge is 0.399 e. The highest BCUT2D eigenvalue weighted by molar-refractivity contribution is 7.84. The van der Waals surface area contributed by atoms with Crippen LogP contribution in [0.1, 0.15) is 0 Å². The molecule has 186 valence electrons. The zero-order valence-electron chi connectivity index (χ0n) is 20.0. The molecule has 36 heavy (non-hydrogen) atoms. The predicted octanol–water partition coefficient (Wildman–Crippen LogP) is 5.65. The first-order valence-electron chi connectivity index (χ1n) is 11.9. The third-order valence-electron chi connectivity index (χ3n) is 5.49. The maximum Gasteiger partial charge on any atom is 0.562 e. The topological polar surface area (TPSA) is 85.9 Å². The molecule has 0 aliphatic heterocycles. The Morgan fingerprint density at radius 2 is 1.06 bits per heavy atom. The van der Waals surface area contributed by atoms with Gasteiger partial charge in [0.2, 0.25) is 0 Å². The molecule has 0 radical (unpaired) electrons. The number of nitrogens with one attached hydrogen (secondary N) is 1. The zero-order chi connectivity index (χ0) is 25.1. The molecule has 0 bridgehead atoms. The van der Waals surface area contributed by atoms with Gasteiger partial charge in [-0.1, -0.05) is 97.1 Å². The summed E-state index contributed by atoms with van der Waals surface area (Å²) < 4.78 is 31.9. The lowest BCUT2D eigenvalue weighted by molar-refractivity contribution is 0.388. The Kier molecular flexibility index (Phi) is 9.16. The number of hydrogen-bond acceptors (Lipinski definition) is 5. The van der Waals surface area contributed by atoms with Crippen LogP contribution in [0.4, 0.5) is 0 Å². The lowest BCUT2D eigenvalue weighted by Crippen LogP contribution is -2.29. The number of benzene rings is 4. The minimum Gasteiger partial charge on any atom is -0.399 e. The monoisotopic (exact) mass is 519 g/mol. The Hall–Kier alpha value is -3.14. The summed E-state index contributed by atoms with van der Waals surface area (Å²) in [5.41, 5.74) is 5.71. The molecule has 8 heteroatoms. The van der Waals surface area contributed by atoms with Gasteiger partial charge in [0.05, 0.1) is 0 Å². The lowest BCUT2D eigenvalue weighted by atomic mass is 10.3. The molecule has 4 aromatic carbocycles. The Bertz CT molecular complexity index is 1220. The molecule has 0 spiro atoms. The minimum absolute atomic E-state index is 0.431. The first-order chi connectivity index (χ1) is 17.6. The largest absolute Gasteiger partial charge is 0.562 e. The number of nitrogens with zero attached hydrogens (tertiary/aromatic N) is 1. The second kappa shape index (κ2) is 12.7. The predicted molar refractivity (Wildman–Crippen MR) is 150 cm³/mol. The van der Waals surface area contributed by atoms with Gasteiger partial charge in [0.1, 0.15) is 11.5 Å². The molecule has 4 rings (SSSR count). The third kappa shape index (κ3) is 6.75. The molecule has 0 unspecified atom stereocenters. The molecular formula is C28H31N3O3P2. The number of rotatable bonds is 12. The highest BCUT2D eigenvalue weighted by atomic mass is 31.2. The van der Waals surface area contributed by atoms with Crippen molar-refractivity contribution in [1.29, 1.82) is 0 Å². The molecule has 6 nitrogen and oxygen atoms in total. The number of nitrogens with two attached hydrogens (primary N) is 1. The van der Waals surface area contributed by atoms with E-state index in [1.165, 1.54) is 0 Å². The van der Waals surface area contributed by atoms with E-state index in [0.29, 0.717) is 37.3 Å². The molecule has 0 aliphatic carbocycles. The van der Waals surface area contributed by atoms with Crippen molar-refractivity contribution >= 4 is 25.4 Å². The second-order valence-corrected chi connectivity index (χ2v) is 13.1. The van der Waals surface area contributed by atoms with Gasteiger partial charge >= 0.3 is 7.75 Å².